The summed E-state index contributed by atoms with van der Waals surface area (Å²) in [6, 6.07) is 5.65. The van der Waals surface area contributed by atoms with Gasteiger partial charge in [-0.1, -0.05) is 6.07 Å². The van der Waals surface area contributed by atoms with Gasteiger partial charge in [-0.25, -0.2) is 0 Å². The lowest BCUT2D eigenvalue weighted by molar-refractivity contribution is -0.147. The first-order chi connectivity index (χ1) is 12.0. The lowest BCUT2D eigenvalue weighted by Crippen LogP contribution is -2.46. The molecule has 1 atom stereocenters. The van der Waals surface area contributed by atoms with E-state index in [4.69, 9.17) is 19.3 Å². The topological polar surface area (TPSA) is 85.3 Å². The molecule has 1 fully saturated rings. The number of nitrogens with zero attached hydrogens (tertiary/aromatic N) is 1. The van der Waals surface area contributed by atoms with Crippen LogP contribution >= 0.6 is 0 Å². The average molecular weight is 351 g/mol. The number of carboxylic acids is 1. The molecule has 1 N–H and O–H groups in total. The van der Waals surface area contributed by atoms with Crippen molar-refractivity contribution >= 4 is 11.9 Å². The van der Waals surface area contributed by atoms with E-state index in [1.165, 1.54) is 0 Å². The highest BCUT2D eigenvalue weighted by atomic mass is 16.5. The molecule has 7 heteroatoms. The number of morpholine rings is 1. The molecule has 1 saturated heterocycles. The molecule has 0 aromatic heterocycles. The number of aliphatic carboxylic acids is 1. The van der Waals surface area contributed by atoms with Crippen LogP contribution in [0.1, 0.15) is 24.8 Å². The number of carboxylic acid groups (broad SMARTS) is 1. The maximum absolute atomic E-state index is 12.3. The first-order valence-electron chi connectivity index (χ1n) is 8.35. The predicted octanol–water partition coefficient (Wildman–Crippen LogP) is 1.73. The summed E-state index contributed by atoms with van der Waals surface area (Å²) in [4.78, 5) is 24.8. The highest BCUT2D eigenvalue weighted by molar-refractivity contribution is 5.76. The van der Waals surface area contributed by atoms with Gasteiger partial charge in [0.1, 0.15) is 11.5 Å². The number of amides is 1. The molecule has 138 valence electrons. The lowest BCUT2D eigenvalue weighted by atomic mass is 10.1. The zero-order chi connectivity index (χ0) is 18.2. The summed E-state index contributed by atoms with van der Waals surface area (Å²) >= 11 is 0. The van der Waals surface area contributed by atoms with Crippen molar-refractivity contribution in [2.45, 2.75) is 31.8 Å². The molecular formula is C18H25NO6. The molecule has 1 aromatic carbocycles. The third-order valence-electron chi connectivity index (χ3n) is 4.22. The highest BCUT2D eigenvalue weighted by Gasteiger charge is 2.25. The van der Waals surface area contributed by atoms with Crippen LogP contribution in [0.2, 0.25) is 0 Å². The van der Waals surface area contributed by atoms with Crippen molar-refractivity contribution < 1.29 is 28.9 Å². The number of hydrogen-bond acceptors (Lipinski definition) is 5. The average Bonchev–Trinajstić information content (AvgIpc) is 2.61. The number of rotatable bonds is 8. The Kier molecular flexibility index (Phi) is 7.06. The van der Waals surface area contributed by atoms with Crippen LogP contribution in [-0.4, -0.2) is 61.9 Å². The number of benzene rings is 1. The number of ether oxygens (including phenoxy) is 3. The predicted molar refractivity (Wildman–Crippen MR) is 91.1 cm³/mol. The van der Waals surface area contributed by atoms with Gasteiger partial charge in [0.05, 0.1) is 33.4 Å². The maximum atomic E-state index is 12.3. The second kappa shape index (κ2) is 9.27. The van der Waals surface area contributed by atoms with E-state index in [0.29, 0.717) is 32.5 Å². The fraction of sp³-hybridized carbons (Fsp3) is 0.556. The Hall–Kier alpha value is -2.28. The summed E-state index contributed by atoms with van der Waals surface area (Å²) in [5.41, 5.74) is 1.03. The quantitative estimate of drug-likeness (QED) is 0.768. The molecule has 1 aliphatic rings. The van der Waals surface area contributed by atoms with Crippen LogP contribution in [0.25, 0.3) is 0 Å². The normalized spacial score (nSPS) is 17.2. The zero-order valence-electron chi connectivity index (χ0n) is 14.7. The second-order valence-electron chi connectivity index (χ2n) is 5.96. The van der Waals surface area contributed by atoms with E-state index in [-0.39, 0.29) is 12.3 Å². The first-order valence-corrected chi connectivity index (χ1v) is 8.35. The Morgan fingerprint density at radius 2 is 2.12 bits per heavy atom. The monoisotopic (exact) mass is 351 g/mol. The van der Waals surface area contributed by atoms with E-state index >= 15 is 0 Å². The molecule has 1 heterocycles. The molecule has 0 spiro atoms. The van der Waals surface area contributed by atoms with Crippen LogP contribution < -0.4 is 9.47 Å². The molecule has 0 radical (unpaired) electrons. The molecular weight excluding hydrogens is 326 g/mol. The van der Waals surface area contributed by atoms with Crippen molar-refractivity contribution in [1.82, 2.24) is 4.90 Å². The number of carbonyl (C=O) groups is 2. The van der Waals surface area contributed by atoms with Crippen molar-refractivity contribution in [2.75, 3.05) is 33.9 Å². The summed E-state index contributed by atoms with van der Waals surface area (Å²) in [5.74, 6) is 0.603. The fourth-order valence-electron chi connectivity index (χ4n) is 2.91. The highest BCUT2D eigenvalue weighted by Crippen LogP contribution is 2.26. The Morgan fingerprint density at radius 1 is 1.32 bits per heavy atom. The van der Waals surface area contributed by atoms with Gasteiger partial charge >= 0.3 is 5.97 Å². The summed E-state index contributed by atoms with van der Waals surface area (Å²) in [6.07, 6.45) is 1.34. The summed E-state index contributed by atoms with van der Waals surface area (Å²) < 4.78 is 15.9. The van der Waals surface area contributed by atoms with Crippen molar-refractivity contribution in [3.63, 3.8) is 0 Å². The van der Waals surface area contributed by atoms with Crippen LogP contribution in [-0.2, 0) is 20.7 Å². The largest absolute Gasteiger partial charge is 0.497 e. The smallest absolute Gasteiger partial charge is 0.306 e. The number of hydrogen-bond donors (Lipinski definition) is 1. The van der Waals surface area contributed by atoms with Crippen molar-refractivity contribution in [3.05, 3.63) is 23.8 Å². The Bertz CT molecular complexity index is 603. The van der Waals surface area contributed by atoms with Gasteiger partial charge in [0.15, 0.2) is 0 Å². The minimum absolute atomic E-state index is 0.0335. The van der Waals surface area contributed by atoms with Gasteiger partial charge in [0.2, 0.25) is 5.91 Å². The maximum Gasteiger partial charge on any atom is 0.306 e. The second-order valence-corrected chi connectivity index (χ2v) is 5.96. The van der Waals surface area contributed by atoms with Gasteiger partial charge < -0.3 is 24.2 Å². The van der Waals surface area contributed by atoms with Crippen molar-refractivity contribution in [2.24, 2.45) is 0 Å². The minimum atomic E-state index is -0.911. The third-order valence-corrected chi connectivity index (χ3v) is 4.22. The minimum Gasteiger partial charge on any atom is -0.497 e. The van der Waals surface area contributed by atoms with Crippen molar-refractivity contribution in [3.8, 4) is 11.5 Å². The molecule has 1 aromatic rings. The first kappa shape index (κ1) is 19.1. The molecule has 25 heavy (non-hydrogen) atoms. The van der Waals surface area contributed by atoms with Crippen LogP contribution in [0.5, 0.6) is 11.5 Å². The lowest BCUT2D eigenvalue weighted by Gasteiger charge is -2.32. The van der Waals surface area contributed by atoms with Crippen molar-refractivity contribution in [1.29, 1.82) is 0 Å². The van der Waals surface area contributed by atoms with Crippen LogP contribution in [0.15, 0.2) is 18.2 Å². The summed E-state index contributed by atoms with van der Waals surface area (Å²) in [5, 5.41) is 8.84. The number of carbonyl (C=O) groups excluding carboxylic acids is 1. The van der Waals surface area contributed by atoms with Gasteiger partial charge in [-0.2, -0.15) is 0 Å². The molecule has 7 nitrogen and oxygen atoms in total. The van der Waals surface area contributed by atoms with E-state index in [2.05, 4.69) is 0 Å². The van der Waals surface area contributed by atoms with Crippen LogP contribution in [0.4, 0.5) is 0 Å². The number of methoxy groups -OCH3 is 2. The molecule has 1 aliphatic heterocycles. The Morgan fingerprint density at radius 3 is 2.80 bits per heavy atom. The summed E-state index contributed by atoms with van der Waals surface area (Å²) in [6.45, 7) is 1.24. The molecule has 1 amide bonds. The number of aryl methyl sites for hydroxylation is 1. The van der Waals surface area contributed by atoms with E-state index in [1.807, 2.05) is 18.2 Å². The summed E-state index contributed by atoms with van der Waals surface area (Å²) in [7, 11) is 3.22. The van der Waals surface area contributed by atoms with Gasteiger partial charge in [0.25, 0.3) is 0 Å². The standard InChI is InChI=1S/C18H25NO6/c1-23-14-7-6-13(16(10-14)24-2)4-3-5-17(20)19-8-9-25-15(12-19)11-18(21)22/h6-7,10,15H,3-5,8-9,11-12H2,1-2H3,(H,21,22). The van der Waals surface area contributed by atoms with Gasteiger partial charge in [0, 0.05) is 25.6 Å². The molecule has 0 aliphatic carbocycles. The third kappa shape index (κ3) is 5.63. The van der Waals surface area contributed by atoms with E-state index < -0.39 is 12.1 Å². The zero-order valence-corrected chi connectivity index (χ0v) is 14.7. The molecule has 1 unspecified atom stereocenters. The van der Waals surface area contributed by atoms with Gasteiger partial charge in [-0.15, -0.1) is 0 Å². The Labute approximate surface area is 147 Å². The van der Waals surface area contributed by atoms with Crippen LogP contribution in [0.3, 0.4) is 0 Å². The van der Waals surface area contributed by atoms with E-state index in [0.717, 1.165) is 23.5 Å². The molecule has 2 rings (SSSR count). The fourth-order valence-corrected chi connectivity index (χ4v) is 2.91. The van der Waals surface area contributed by atoms with E-state index in [1.54, 1.807) is 19.1 Å². The Balaban J connectivity index is 1.83. The molecule has 0 saturated carbocycles. The molecule has 0 bridgehead atoms. The van der Waals surface area contributed by atoms with Gasteiger partial charge in [-0.05, 0) is 24.5 Å². The van der Waals surface area contributed by atoms with E-state index in [9.17, 15) is 9.59 Å². The van der Waals surface area contributed by atoms with Gasteiger partial charge in [-0.3, -0.25) is 9.59 Å². The van der Waals surface area contributed by atoms with Crippen LogP contribution in [0, 0.1) is 0 Å². The SMILES string of the molecule is COc1ccc(CCCC(=O)N2CCOC(CC(=O)O)C2)c(OC)c1.